The highest BCUT2D eigenvalue weighted by Crippen LogP contribution is 2.33. The van der Waals surface area contributed by atoms with Crippen molar-refractivity contribution in [3.63, 3.8) is 0 Å². The van der Waals surface area contributed by atoms with Gasteiger partial charge in [-0.2, -0.15) is 0 Å². The molecule has 0 aliphatic heterocycles. The van der Waals surface area contributed by atoms with Crippen LogP contribution in [-0.2, 0) is 4.79 Å². The first-order valence-corrected chi connectivity index (χ1v) is 4.79. The molecule has 1 nitrogen and oxygen atoms in total. The van der Waals surface area contributed by atoms with Crippen molar-refractivity contribution in [1.82, 2.24) is 0 Å². The van der Waals surface area contributed by atoms with Gasteiger partial charge in [0.25, 0.3) is 0 Å². The maximum Gasteiger partial charge on any atom is 0.133 e. The fourth-order valence-corrected chi connectivity index (χ4v) is 1.54. The Morgan fingerprint density at radius 1 is 1.46 bits per heavy atom. The average Bonchev–Trinajstić information content (AvgIpc) is 2.32. The minimum atomic E-state index is 0.221. The third-order valence-electron chi connectivity index (χ3n) is 2.29. The lowest BCUT2D eigenvalue weighted by molar-refractivity contribution is -0.116. The van der Waals surface area contributed by atoms with Gasteiger partial charge in [-0.15, -0.1) is 0 Å². The monoisotopic (exact) mass is 178 g/mol. The van der Waals surface area contributed by atoms with Crippen LogP contribution in [0.5, 0.6) is 0 Å². The first kappa shape index (κ1) is 10.2. The van der Waals surface area contributed by atoms with Crippen LogP contribution < -0.4 is 0 Å². The maximum atomic E-state index is 10.9. The van der Waals surface area contributed by atoms with E-state index in [4.69, 9.17) is 0 Å². The number of hydrogen-bond acceptors (Lipinski definition) is 1. The van der Waals surface area contributed by atoms with Crippen LogP contribution >= 0.6 is 0 Å². The Hall–Kier alpha value is -0.850. The van der Waals surface area contributed by atoms with Gasteiger partial charge in [-0.3, -0.25) is 4.79 Å². The zero-order valence-electron chi connectivity index (χ0n) is 8.98. The molecule has 0 aromatic rings. The Bertz CT molecular complexity index is 274. The van der Waals surface area contributed by atoms with Crippen molar-refractivity contribution in [2.24, 2.45) is 5.41 Å². The second-order valence-electron chi connectivity index (χ2n) is 4.79. The summed E-state index contributed by atoms with van der Waals surface area (Å²) in [5.74, 6) is 0.259. The highest BCUT2D eigenvalue weighted by atomic mass is 16.1. The van der Waals surface area contributed by atoms with E-state index >= 15 is 0 Å². The van der Waals surface area contributed by atoms with Crippen LogP contribution in [0.25, 0.3) is 0 Å². The molecule has 0 spiro atoms. The van der Waals surface area contributed by atoms with Crippen LogP contribution in [0, 0.1) is 5.41 Å². The summed E-state index contributed by atoms with van der Waals surface area (Å²) in [6.45, 7) is 8.25. The fourth-order valence-electron chi connectivity index (χ4n) is 1.54. The molecule has 0 heterocycles. The van der Waals surface area contributed by atoms with Gasteiger partial charge in [0.05, 0.1) is 0 Å². The Balaban J connectivity index is 2.66. The van der Waals surface area contributed by atoms with Gasteiger partial charge in [-0.1, -0.05) is 38.5 Å². The number of carbonyl (C=O) groups excluding carboxylic acids is 1. The van der Waals surface area contributed by atoms with E-state index in [1.165, 1.54) is 11.1 Å². The molecule has 0 saturated carbocycles. The molecule has 13 heavy (non-hydrogen) atoms. The highest BCUT2D eigenvalue weighted by molar-refractivity contribution is 5.78. The quantitative estimate of drug-likeness (QED) is 0.634. The first-order chi connectivity index (χ1) is 5.89. The van der Waals surface area contributed by atoms with Crippen LogP contribution in [0.1, 0.15) is 40.5 Å². The molecule has 0 aromatic carbocycles. The Kier molecular flexibility index (Phi) is 2.74. The summed E-state index contributed by atoms with van der Waals surface area (Å²) in [4.78, 5) is 10.9. The van der Waals surface area contributed by atoms with Crippen molar-refractivity contribution in [3.05, 3.63) is 23.3 Å². The topological polar surface area (TPSA) is 17.1 Å². The van der Waals surface area contributed by atoms with Crippen molar-refractivity contribution in [3.8, 4) is 0 Å². The van der Waals surface area contributed by atoms with Gasteiger partial charge in [0, 0.05) is 6.42 Å². The molecule has 0 fully saturated rings. The van der Waals surface area contributed by atoms with Gasteiger partial charge in [-0.25, -0.2) is 0 Å². The highest BCUT2D eigenvalue weighted by Gasteiger charge is 2.19. The lowest BCUT2D eigenvalue weighted by atomic mass is 9.87. The normalized spacial score (nSPS) is 16.9. The van der Waals surface area contributed by atoms with Crippen LogP contribution in [0.15, 0.2) is 23.3 Å². The van der Waals surface area contributed by atoms with E-state index in [0.717, 1.165) is 6.42 Å². The molecule has 0 N–H and O–H groups in total. The number of Topliss-reactive ketones (excluding diaryl/α,β-unsaturated/α-hetero) is 1. The van der Waals surface area contributed by atoms with E-state index in [1.54, 1.807) is 6.92 Å². The summed E-state index contributed by atoms with van der Waals surface area (Å²) in [5.41, 5.74) is 2.85. The summed E-state index contributed by atoms with van der Waals surface area (Å²) < 4.78 is 0. The van der Waals surface area contributed by atoms with E-state index in [2.05, 4.69) is 32.9 Å². The van der Waals surface area contributed by atoms with Gasteiger partial charge < -0.3 is 0 Å². The minimum absolute atomic E-state index is 0.221. The standard InChI is InChI=1S/C12H18O/c1-9(13)7-10-5-6-11(8-10)12(2,3)4/h6,8H,5,7H2,1-4H3. The molecule has 0 amide bonds. The number of rotatable bonds is 2. The van der Waals surface area contributed by atoms with E-state index in [1.807, 2.05) is 0 Å². The van der Waals surface area contributed by atoms with Crippen molar-refractivity contribution < 1.29 is 4.79 Å². The lowest BCUT2D eigenvalue weighted by Gasteiger charge is -2.18. The summed E-state index contributed by atoms with van der Waals surface area (Å²) in [5, 5.41) is 0. The molecular weight excluding hydrogens is 160 g/mol. The minimum Gasteiger partial charge on any atom is -0.300 e. The summed E-state index contributed by atoms with van der Waals surface area (Å²) in [7, 11) is 0. The maximum absolute atomic E-state index is 10.9. The van der Waals surface area contributed by atoms with E-state index in [9.17, 15) is 4.79 Å². The molecule has 0 unspecified atom stereocenters. The van der Waals surface area contributed by atoms with Gasteiger partial charge in [-0.05, 0) is 24.3 Å². The van der Waals surface area contributed by atoms with Crippen molar-refractivity contribution >= 4 is 5.78 Å². The number of hydrogen-bond donors (Lipinski definition) is 0. The van der Waals surface area contributed by atoms with Crippen molar-refractivity contribution in [2.75, 3.05) is 0 Å². The second-order valence-corrected chi connectivity index (χ2v) is 4.79. The first-order valence-electron chi connectivity index (χ1n) is 4.79. The molecule has 0 saturated heterocycles. The molecule has 1 aliphatic carbocycles. The Labute approximate surface area is 80.5 Å². The summed E-state index contributed by atoms with van der Waals surface area (Å²) >= 11 is 0. The second kappa shape index (κ2) is 3.49. The molecule has 0 bridgehead atoms. The smallest absolute Gasteiger partial charge is 0.133 e. The fraction of sp³-hybridized carbons (Fsp3) is 0.583. The third kappa shape index (κ3) is 2.83. The van der Waals surface area contributed by atoms with Crippen LogP contribution in [-0.4, -0.2) is 5.78 Å². The SMILES string of the molecule is CC(=O)CC1=CC(C(C)(C)C)=CC1. The summed E-state index contributed by atoms with van der Waals surface area (Å²) in [6, 6.07) is 0. The number of carbonyl (C=O) groups is 1. The number of allylic oxidation sites excluding steroid dienone is 4. The van der Waals surface area contributed by atoms with Crippen molar-refractivity contribution in [2.45, 2.75) is 40.5 Å². The largest absolute Gasteiger partial charge is 0.300 e. The predicted molar refractivity (Wildman–Crippen MR) is 55.5 cm³/mol. The average molecular weight is 178 g/mol. The molecule has 72 valence electrons. The van der Waals surface area contributed by atoms with Crippen LogP contribution in [0.2, 0.25) is 0 Å². The number of ketones is 1. The lowest BCUT2D eigenvalue weighted by Crippen LogP contribution is -2.05. The Morgan fingerprint density at radius 2 is 2.08 bits per heavy atom. The molecule has 1 heteroatoms. The third-order valence-corrected chi connectivity index (χ3v) is 2.29. The summed E-state index contributed by atoms with van der Waals surface area (Å²) in [6.07, 6.45) is 6.00. The van der Waals surface area contributed by atoms with Gasteiger partial charge >= 0.3 is 0 Å². The molecule has 0 radical (unpaired) electrons. The zero-order chi connectivity index (χ0) is 10.1. The zero-order valence-corrected chi connectivity index (χ0v) is 8.98. The van der Waals surface area contributed by atoms with Crippen LogP contribution in [0.4, 0.5) is 0 Å². The predicted octanol–water partition coefficient (Wildman–Crippen LogP) is 3.27. The molecule has 1 aliphatic rings. The van der Waals surface area contributed by atoms with Gasteiger partial charge in [0.1, 0.15) is 5.78 Å². The van der Waals surface area contributed by atoms with E-state index in [-0.39, 0.29) is 11.2 Å². The molecule has 1 rings (SSSR count). The Morgan fingerprint density at radius 3 is 2.46 bits per heavy atom. The molecule has 0 aromatic heterocycles. The van der Waals surface area contributed by atoms with Crippen molar-refractivity contribution in [1.29, 1.82) is 0 Å². The van der Waals surface area contributed by atoms with Crippen LogP contribution in [0.3, 0.4) is 0 Å². The van der Waals surface area contributed by atoms with E-state index < -0.39 is 0 Å². The van der Waals surface area contributed by atoms with Gasteiger partial charge in [0.15, 0.2) is 0 Å². The molecular formula is C12H18O. The molecule has 0 atom stereocenters. The van der Waals surface area contributed by atoms with Gasteiger partial charge in [0.2, 0.25) is 0 Å². The van der Waals surface area contributed by atoms with E-state index in [0.29, 0.717) is 6.42 Å².